The highest BCUT2D eigenvalue weighted by atomic mass is 79.9. The third-order valence-electron chi connectivity index (χ3n) is 3.31. The molecule has 2 aromatic rings. The van der Waals surface area contributed by atoms with Crippen LogP contribution in [0.4, 0.5) is 0 Å². The summed E-state index contributed by atoms with van der Waals surface area (Å²) in [5.41, 5.74) is 1.97. The van der Waals surface area contributed by atoms with Crippen molar-refractivity contribution in [2.45, 2.75) is 12.5 Å². The van der Waals surface area contributed by atoms with E-state index in [-0.39, 0.29) is 18.2 Å². The van der Waals surface area contributed by atoms with Gasteiger partial charge in [0, 0.05) is 15.6 Å². The van der Waals surface area contributed by atoms with E-state index in [1.807, 2.05) is 24.3 Å². The van der Waals surface area contributed by atoms with E-state index in [9.17, 15) is 9.59 Å². The Labute approximate surface area is 124 Å². The van der Waals surface area contributed by atoms with E-state index in [2.05, 4.69) is 15.9 Å². The number of hydrogen-bond acceptors (Lipinski definition) is 3. The quantitative estimate of drug-likeness (QED) is 0.632. The summed E-state index contributed by atoms with van der Waals surface area (Å²) in [6.45, 7) is 0. The van der Waals surface area contributed by atoms with Crippen LogP contribution in [0.15, 0.2) is 53.0 Å². The second-order valence-electron chi connectivity index (χ2n) is 4.62. The zero-order valence-electron chi connectivity index (χ0n) is 10.5. The molecule has 0 amide bonds. The molecule has 0 radical (unpaired) electrons. The van der Waals surface area contributed by atoms with Gasteiger partial charge in [-0.2, -0.15) is 0 Å². The Morgan fingerprint density at radius 3 is 2.55 bits per heavy atom. The lowest BCUT2D eigenvalue weighted by atomic mass is 9.99. The number of carbonyl (C=O) groups is 2. The first-order valence-electron chi connectivity index (χ1n) is 6.24. The standard InChI is InChI=1S/C16H11BrO3/c17-11-7-5-10(6-8-11)14(18)9-15-12-3-1-2-4-13(12)16(19)20-15/h1-8,15H,9H2/t15-/m1/s1. The van der Waals surface area contributed by atoms with Crippen LogP contribution in [0.2, 0.25) is 0 Å². The predicted molar refractivity (Wildman–Crippen MR) is 77.7 cm³/mol. The molecule has 20 heavy (non-hydrogen) atoms. The van der Waals surface area contributed by atoms with Gasteiger partial charge in [0.15, 0.2) is 5.78 Å². The lowest BCUT2D eigenvalue weighted by molar-refractivity contribution is 0.0367. The Kier molecular flexibility index (Phi) is 3.40. The molecule has 0 aromatic heterocycles. The van der Waals surface area contributed by atoms with Gasteiger partial charge in [-0.3, -0.25) is 4.79 Å². The Balaban J connectivity index is 1.81. The lowest BCUT2D eigenvalue weighted by Gasteiger charge is -2.09. The Morgan fingerprint density at radius 1 is 1.10 bits per heavy atom. The number of hydrogen-bond donors (Lipinski definition) is 0. The third kappa shape index (κ3) is 2.39. The highest BCUT2D eigenvalue weighted by molar-refractivity contribution is 9.10. The van der Waals surface area contributed by atoms with Crippen molar-refractivity contribution >= 4 is 27.7 Å². The average Bonchev–Trinajstić information content (AvgIpc) is 2.77. The fraction of sp³-hybridized carbons (Fsp3) is 0.125. The fourth-order valence-electron chi connectivity index (χ4n) is 2.29. The molecule has 0 spiro atoms. The van der Waals surface area contributed by atoms with Crippen molar-refractivity contribution < 1.29 is 14.3 Å². The van der Waals surface area contributed by atoms with Crippen molar-refractivity contribution in [1.82, 2.24) is 0 Å². The minimum atomic E-state index is -0.477. The SMILES string of the molecule is O=C(C[C@H]1OC(=O)c2ccccc21)c1ccc(Br)cc1. The first-order valence-corrected chi connectivity index (χ1v) is 7.03. The van der Waals surface area contributed by atoms with E-state index >= 15 is 0 Å². The Morgan fingerprint density at radius 2 is 1.80 bits per heavy atom. The minimum absolute atomic E-state index is 0.0352. The molecule has 3 rings (SSSR count). The molecule has 1 atom stereocenters. The van der Waals surface area contributed by atoms with Crippen LogP contribution < -0.4 is 0 Å². The molecular formula is C16H11BrO3. The van der Waals surface area contributed by atoms with Crippen molar-refractivity contribution in [3.05, 3.63) is 69.7 Å². The maximum Gasteiger partial charge on any atom is 0.339 e. The van der Waals surface area contributed by atoms with E-state index in [1.165, 1.54) is 0 Å². The van der Waals surface area contributed by atoms with Crippen LogP contribution in [0.1, 0.15) is 38.8 Å². The maximum atomic E-state index is 12.2. The van der Waals surface area contributed by atoms with Gasteiger partial charge in [-0.15, -0.1) is 0 Å². The van der Waals surface area contributed by atoms with Crippen LogP contribution in [0.25, 0.3) is 0 Å². The summed E-state index contributed by atoms with van der Waals surface area (Å²) in [5, 5.41) is 0. The second kappa shape index (κ2) is 5.21. The van der Waals surface area contributed by atoms with Crippen molar-refractivity contribution in [2.24, 2.45) is 0 Å². The molecule has 0 N–H and O–H groups in total. The topological polar surface area (TPSA) is 43.4 Å². The molecular weight excluding hydrogens is 320 g/mol. The number of carbonyl (C=O) groups excluding carboxylic acids is 2. The highest BCUT2D eigenvalue weighted by Gasteiger charge is 2.32. The number of rotatable bonds is 3. The molecule has 2 aromatic carbocycles. The number of benzene rings is 2. The summed E-state index contributed by atoms with van der Waals surface area (Å²) >= 11 is 3.33. The van der Waals surface area contributed by atoms with Gasteiger partial charge in [0.1, 0.15) is 6.10 Å². The maximum absolute atomic E-state index is 12.2. The number of fused-ring (bicyclic) bond motifs is 1. The molecule has 0 aliphatic carbocycles. The van der Waals surface area contributed by atoms with Crippen LogP contribution in [-0.4, -0.2) is 11.8 Å². The van der Waals surface area contributed by atoms with E-state index in [0.717, 1.165) is 10.0 Å². The van der Waals surface area contributed by atoms with E-state index in [1.54, 1.807) is 24.3 Å². The Hall–Kier alpha value is -1.94. The van der Waals surface area contributed by atoms with Crippen molar-refractivity contribution in [3.63, 3.8) is 0 Å². The smallest absolute Gasteiger partial charge is 0.339 e. The van der Waals surface area contributed by atoms with Crippen molar-refractivity contribution in [3.8, 4) is 0 Å². The van der Waals surface area contributed by atoms with Gasteiger partial charge in [0.25, 0.3) is 0 Å². The molecule has 0 saturated heterocycles. The predicted octanol–water partition coefficient (Wildman–Crippen LogP) is 3.93. The normalized spacial score (nSPS) is 16.6. The summed E-state index contributed by atoms with van der Waals surface area (Å²) in [7, 11) is 0. The first kappa shape index (κ1) is 13.1. The summed E-state index contributed by atoms with van der Waals surface area (Å²) in [6, 6.07) is 14.4. The van der Waals surface area contributed by atoms with E-state index in [4.69, 9.17) is 4.74 Å². The number of Topliss-reactive ketones (excluding diaryl/α,β-unsaturated/α-hetero) is 1. The molecule has 1 aliphatic heterocycles. The number of cyclic esters (lactones) is 1. The molecule has 3 nitrogen and oxygen atoms in total. The van der Waals surface area contributed by atoms with Crippen LogP contribution in [-0.2, 0) is 4.74 Å². The monoisotopic (exact) mass is 330 g/mol. The molecule has 0 unspecified atom stereocenters. The average molecular weight is 331 g/mol. The van der Waals surface area contributed by atoms with Gasteiger partial charge < -0.3 is 4.74 Å². The second-order valence-corrected chi connectivity index (χ2v) is 5.53. The summed E-state index contributed by atoms with van der Waals surface area (Å²) < 4.78 is 6.20. The number of ether oxygens (including phenoxy) is 1. The third-order valence-corrected chi connectivity index (χ3v) is 3.84. The first-order chi connectivity index (χ1) is 9.65. The van der Waals surface area contributed by atoms with Gasteiger partial charge >= 0.3 is 5.97 Å². The zero-order chi connectivity index (χ0) is 14.1. The van der Waals surface area contributed by atoms with Crippen molar-refractivity contribution in [1.29, 1.82) is 0 Å². The highest BCUT2D eigenvalue weighted by Crippen LogP contribution is 2.33. The molecule has 4 heteroatoms. The number of halogens is 1. The number of ketones is 1. The minimum Gasteiger partial charge on any atom is -0.453 e. The summed E-state index contributed by atoms with van der Waals surface area (Å²) in [5.74, 6) is -0.388. The van der Waals surface area contributed by atoms with Gasteiger partial charge in [0.05, 0.1) is 12.0 Å². The van der Waals surface area contributed by atoms with Gasteiger partial charge in [0.2, 0.25) is 0 Å². The molecule has 0 bridgehead atoms. The van der Waals surface area contributed by atoms with Crippen LogP contribution in [0, 0.1) is 0 Å². The molecule has 1 aliphatic rings. The van der Waals surface area contributed by atoms with Crippen molar-refractivity contribution in [2.75, 3.05) is 0 Å². The zero-order valence-corrected chi connectivity index (χ0v) is 12.1. The summed E-state index contributed by atoms with van der Waals surface area (Å²) in [4.78, 5) is 23.9. The lowest BCUT2D eigenvalue weighted by Crippen LogP contribution is -2.07. The molecule has 0 fully saturated rings. The van der Waals surface area contributed by atoms with E-state index in [0.29, 0.717) is 11.1 Å². The Bertz CT molecular complexity index is 676. The summed E-state index contributed by atoms with van der Waals surface area (Å²) in [6.07, 6.45) is -0.306. The number of esters is 1. The van der Waals surface area contributed by atoms with Gasteiger partial charge in [-0.25, -0.2) is 4.79 Å². The van der Waals surface area contributed by atoms with Gasteiger partial charge in [-0.05, 0) is 18.2 Å². The molecule has 100 valence electrons. The molecule has 1 heterocycles. The van der Waals surface area contributed by atoms with Gasteiger partial charge in [-0.1, -0.05) is 46.3 Å². The van der Waals surface area contributed by atoms with E-state index < -0.39 is 6.10 Å². The van der Waals surface area contributed by atoms with Crippen LogP contribution in [0.5, 0.6) is 0 Å². The largest absolute Gasteiger partial charge is 0.453 e. The van der Waals surface area contributed by atoms with Crippen LogP contribution in [0.3, 0.4) is 0 Å². The molecule has 0 saturated carbocycles. The fourth-order valence-corrected chi connectivity index (χ4v) is 2.56. The van der Waals surface area contributed by atoms with Crippen LogP contribution >= 0.6 is 15.9 Å².